The highest BCUT2D eigenvalue weighted by Gasteiger charge is 2.26. The molecule has 4 heteroatoms. The highest BCUT2D eigenvalue weighted by Crippen LogP contribution is 2.41. The van der Waals surface area contributed by atoms with Crippen LogP contribution in [0.5, 0.6) is 5.75 Å². The molecule has 0 unspecified atom stereocenters. The first-order valence-electron chi connectivity index (χ1n) is 4.92. The molecule has 0 aliphatic carbocycles. The van der Waals surface area contributed by atoms with Gasteiger partial charge in [-0.3, -0.25) is 0 Å². The van der Waals surface area contributed by atoms with Gasteiger partial charge in [-0.05, 0) is 23.1 Å². The summed E-state index contributed by atoms with van der Waals surface area (Å²) in [5, 5.41) is 0. The molecule has 0 N–H and O–H groups in total. The molecule has 0 radical (unpaired) electrons. The van der Waals surface area contributed by atoms with E-state index in [-0.39, 0.29) is 5.41 Å². The van der Waals surface area contributed by atoms with E-state index in [1.807, 2.05) is 12.1 Å². The smallest absolute Gasteiger partial charge is 0.216 e. The fourth-order valence-electron chi connectivity index (χ4n) is 1.47. The standard InChI is InChI=1S/C12H15Cl3O/c1-11(2,3)9-7-8(12(13,14)15)5-6-10(9)16-4/h5-7H,1-4H3. The van der Waals surface area contributed by atoms with Gasteiger partial charge in [-0.15, -0.1) is 0 Å². The Kier molecular flexibility index (Phi) is 4.04. The van der Waals surface area contributed by atoms with Gasteiger partial charge in [0.05, 0.1) is 7.11 Å². The Bertz CT molecular complexity index is 375. The van der Waals surface area contributed by atoms with Gasteiger partial charge in [-0.2, -0.15) is 0 Å². The molecule has 0 atom stereocenters. The number of benzene rings is 1. The molecule has 0 amide bonds. The van der Waals surface area contributed by atoms with E-state index in [1.165, 1.54) is 0 Å². The van der Waals surface area contributed by atoms with Crippen molar-refractivity contribution in [2.45, 2.75) is 30.0 Å². The van der Waals surface area contributed by atoms with Crippen molar-refractivity contribution in [3.05, 3.63) is 29.3 Å². The van der Waals surface area contributed by atoms with Gasteiger partial charge in [0.25, 0.3) is 0 Å². The molecule has 0 bridgehead atoms. The fourth-order valence-corrected chi connectivity index (χ4v) is 1.82. The predicted molar refractivity (Wildman–Crippen MR) is 70.9 cm³/mol. The molecular formula is C12H15Cl3O. The average Bonchev–Trinajstić information content (AvgIpc) is 2.14. The van der Waals surface area contributed by atoms with Crippen LogP contribution in [0.15, 0.2) is 18.2 Å². The first-order chi connectivity index (χ1) is 7.16. The van der Waals surface area contributed by atoms with Gasteiger partial charge in [-0.1, -0.05) is 61.6 Å². The Hall–Kier alpha value is -0.110. The third kappa shape index (κ3) is 3.19. The lowest BCUT2D eigenvalue weighted by Crippen LogP contribution is -2.14. The summed E-state index contributed by atoms with van der Waals surface area (Å²) in [6, 6.07) is 5.48. The Morgan fingerprint density at radius 1 is 1.06 bits per heavy atom. The van der Waals surface area contributed by atoms with Gasteiger partial charge in [0.15, 0.2) is 0 Å². The van der Waals surface area contributed by atoms with Crippen LogP contribution in [0.3, 0.4) is 0 Å². The van der Waals surface area contributed by atoms with Crippen LogP contribution >= 0.6 is 34.8 Å². The number of halogens is 3. The summed E-state index contributed by atoms with van der Waals surface area (Å²) in [6.45, 7) is 6.27. The molecule has 90 valence electrons. The van der Waals surface area contributed by atoms with Crippen LogP contribution in [-0.4, -0.2) is 7.11 Å². The zero-order valence-electron chi connectivity index (χ0n) is 9.77. The summed E-state index contributed by atoms with van der Waals surface area (Å²) in [4.78, 5) is 0. The van der Waals surface area contributed by atoms with Crippen molar-refractivity contribution in [2.75, 3.05) is 7.11 Å². The highest BCUT2D eigenvalue weighted by molar-refractivity contribution is 6.66. The highest BCUT2D eigenvalue weighted by atomic mass is 35.6. The van der Waals surface area contributed by atoms with Crippen molar-refractivity contribution in [3.63, 3.8) is 0 Å². The molecule has 0 saturated carbocycles. The van der Waals surface area contributed by atoms with Crippen LogP contribution in [0.1, 0.15) is 31.9 Å². The summed E-state index contributed by atoms with van der Waals surface area (Å²) < 4.78 is 3.91. The van der Waals surface area contributed by atoms with Crippen molar-refractivity contribution >= 4 is 34.8 Å². The molecule has 0 spiro atoms. The number of ether oxygens (including phenoxy) is 1. The minimum absolute atomic E-state index is 0.0583. The number of hydrogen-bond donors (Lipinski definition) is 0. The van der Waals surface area contributed by atoms with E-state index in [0.717, 1.165) is 11.3 Å². The van der Waals surface area contributed by atoms with Gasteiger partial charge in [-0.25, -0.2) is 0 Å². The Morgan fingerprint density at radius 3 is 2.00 bits per heavy atom. The minimum atomic E-state index is -1.40. The molecule has 0 fully saturated rings. The number of alkyl halides is 3. The first kappa shape index (κ1) is 14.0. The molecule has 16 heavy (non-hydrogen) atoms. The lowest BCUT2D eigenvalue weighted by Gasteiger charge is -2.24. The fraction of sp³-hybridized carbons (Fsp3) is 0.500. The van der Waals surface area contributed by atoms with Crippen molar-refractivity contribution in [1.82, 2.24) is 0 Å². The van der Waals surface area contributed by atoms with Gasteiger partial charge in [0.2, 0.25) is 3.79 Å². The van der Waals surface area contributed by atoms with E-state index >= 15 is 0 Å². The lowest BCUT2D eigenvalue weighted by atomic mass is 9.85. The number of methoxy groups -OCH3 is 1. The SMILES string of the molecule is COc1ccc(C(Cl)(Cl)Cl)cc1C(C)(C)C. The monoisotopic (exact) mass is 280 g/mol. The zero-order chi connectivity index (χ0) is 12.6. The van der Waals surface area contributed by atoms with Crippen LogP contribution in [0, 0.1) is 0 Å². The van der Waals surface area contributed by atoms with Gasteiger partial charge >= 0.3 is 0 Å². The van der Waals surface area contributed by atoms with Crippen molar-refractivity contribution in [3.8, 4) is 5.75 Å². The Morgan fingerprint density at radius 2 is 1.62 bits per heavy atom. The molecule has 1 nitrogen and oxygen atoms in total. The molecule has 0 aliphatic rings. The van der Waals surface area contributed by atoms with E-state index in [4.69, 9.17) is 39.5 Å². The molecule has 0 aromatic heterocycles. The lowest BCUT2D eigenvalue weighted by molar-refractivity contribution is 0.397. The normalized spacial score (nSPS) is 12.7. The van der Waals surface area contributed by atoms with Crippen LogP contribution in [0.25, 0.3) is 0 Å². The van der Waals surface area contributed by atoms with Gasteiger partial charge in [0, 0.05) is 5.56 Å². The summed E-state index contributed by atoms with van der Waals surface area (Å²) in [6.07, 6.45) is 0. The summed E-state index contributed by atoms with van der Waals surface area (Å²) in [5.41, 5.74) is 1.62. The van der Waals surface area contributed by atoms with Crippen LogP contribution < -0.4 is 4.74 Å². The Balaban J connectivity index is 3.34. The molecule has 1 aromatic rings. The van der Waals surface area contributed by atoms with Crippen LogP contribution in [0.2, 0.25) is 0 Å². The van der Waals surface area contributed by atoms with Crippen LogP contribution in [-0.2, 0) is 9.21 Å². The maximum absolute atomic E-state index is 5.87. The van der Waals surface area contributed by atoms with Crippen molar-refractivity contribution in [2.24, 2.45) is 0 Å². The first-order valence-corrected chi connectivity index (χ1v) is 6.05. The average molecular weight is 282 g/mol. The van der Waals surface area contributed by atoms with Crippen molar-refractivity contribution in [1.29, 1.82) is 0 Å². The van der Waals surface area contributed by atoms with Crippen LogP contribution in [0.4, 0.5) is 0 Å². The molecule has 0 heterocycles. The van der Waals surface area contributed by atoms with E-state index in [1.54, 1.807) is 13.2 Å². The maximum Gasteiger partial charge on any atom is 0.216 e. The molecular weight excluding hydrogens is 266 g/mol. The summed E-state index contributed by atoms with van der Waals surface area (Å²) in [5.74, 6) is 0.811. The summed E-state index contributed by atoms with van der Waals surface area (Å²) >= 11 is 17.6. The third-order valence-electron chi connectivity index (χ3n) is 2.33. The maximum atomic E-state index is 5.87. The predicted octanol–water partition coefficient (Wildman–Crippen LogP) is 4.82. The third-order valence-corrected chi connectivity index (χ3v) is 2.99. The minimum Gasteiger partial charge on any atom is -0.496 e. The second kappa shape index (κ2) is 4.64. The summed E-state index contributed by atoms with van der Waals surface area (Å²) in [7, 11) is 1.64. The zero-order valence-corrected chi connectivity index (χ0v) is 12.0. The number of hydrogen-bond acceptors (Lipinski definition) is 1. The topological polar surface area (TPSA) is 9.23 Å². The quantitative estimate of drug-likeness (QED) is 0.671. The second-order valence-corrected chi connectivity index (χ2v) is 6.94. The van der Waals surface area contributed by atoms with Gasteiger partial charge < -0.3 is 4.74 Å². The molecule has 0 aliphatic heterocycles. The molecule has 1 aromatic carbocycles. The second-order valence-electron chi connectivity index (χ2n) is 4.66. The molecule has 1 rings (SSSR count). The van der Waals surface area contributed by atoms with E-state index in [9.17, 15) is 0 Å². The Labute approximate surface area is 112 Å². The largest absolute Gasteiger partial charge is 0.496 e. The van der Waals surface area contributed by atoms with E-state index in [0.29, 0.717) is 5.56 Å². The van der Waals surface area contributed by atoms with Gasteiger partial charge in [0.1, 0.15) is 5.75 Å². The van der Waals surface area contributed by atoms with Crippen molar-refractivity contribution < 1.29 is 4.74 Å². The van der Waals surface area contributed by atoms with E-state index in [2.05, 4.69) is 20.8 Å². The molecule has 0 saturated heterocycles. The van der Waals surface area contributed by atoms with E-state index < -0.39 is 3.79 Å². The number of rotatable bonds is 1.